The first kappa shape index (κ1) is 25.3. The van der Waals surface area contributed by atoms with E-state index < -0.39 is 11.9 Å². The summed E-state index contributed by atoms with van der Waals surface area (Å²) in [5.41, 5.74) is 3.24. The minimum atomic E-state index is -1.26. The highest BCUT2D eigenvalue weighted by molar-refractivity contribution is 5.96. The molecule has 3 rings (SSSR count). The molecule has 0 bridgehead atoms. The average molecular weight is 448 g/mol. The lowest BCUT2D eigenvalue weighted by Gasteiger charge is -2.19. The maximum Gasteiger partial charge on any atom is 0.328 e. The van der Waals surface area contributed by atoms with Crippen molar-refractivity contribution < 1.29 is 24.6 Å². The lowest BCUT2D eigenvalue weighted by Crippen LogP contribution is -2.19. The van der Waals surface area contributed by atoms with Gasteiger partial charge in [-0.05, 0) is 30.0 Å². The number of carbonyl (C=O) groups is 3. The zero-order chi connectivity index (χ0) is 24.1. The molecule has 2 aromatic rings. The molecular weight excluding hydrogens is 418 g/mol. The molecule has 6 nitrogen and oxygen atoms in total. The minimum Gasteiger partial charge on any atom is -0.478 e. The molecule has 172 valence electrons. The van der Waals surface area contributed by atoms with Crippen molar-refractivity contribution in [3.8, 4) is 0 Å². The molecule has 0 aliphatic carbocycles. The van der Waals surface area contributed by atoms with Gasteiger partial charge in [-0.3, -0.25) is 4.79 Å². The van der Waals surface area contributed by atoms with Crippen molar-refractivity contribution in [3.63, 3.8) is 0 Å². The van der Waals surface area contributed by atoms with Crippen LogP contribution in [0, 0.1) is 0 Å². The predicted octanol–water partition coefficient (Wildman–Crippen LogP) is 4.76. The number of hydrogen-bond donors (Lipinski definition) is 2. The third kappa shape index (κ3) is 9.39. The lowest BCUT2D eigenvalue weighted by molar-refractivity contribution is -0.134. The highest BCUT2D eigenvalue weighted by Crippen LogP contribution is 2.21. The highest BCUT2D eigenvalue weighted by atomic mass is 16.4. The number of benzene rings is 2. The van der Waals surface area contributed by atoms with Crippen LogP contribution in [-0.2, 0) is 14.4 Å². The van der Waals surface area contributed by atoms with Crippen LogP contribution in [0.15, 0.2) is 90.7 Å². The van der Waals surface area contributed by atoms with E-state index in [0.717, 1.165) is 29.9 Å². The van der Waals surface area contributed by atoms with Crippen LogP contribution in [-0.4, -0.2) is 45.9 Å². The van der Waals surface area contributed by atoms with E-state index in [2.05, 4.69) is 29.2 Å². The summed E-state index contributed by atoms with van der Waals surface area (Å²) in [4.78, 5) is 34.2. The van der Waals surface area contributed by atoms with Crippen molar-refractivity contribution in [2.24, 2.45) is 0 Å². The Bertz CT molecular complexity index is 987. The van der Waals surface area contributed by atoms with E-state index in [9.17, 15) is 14.4 Å². The van der Waals surface area contributed by atoms with Crippen LogP contribution in [0.2, 0.25) is 0 Å². The number of likely N-dealkylation sites (tertiary alicyclic amines) is 1. The van der Waals surface area contributed by atoms with Gasteiger partial charge < -0.3 is 15.1 Å². The molecule has 2 N–H and O–H groups in total. The summed E-state index contributed by atoms with van der Waals surface area (Å²) in [5, 5.41) is 15.6. The standard InChI is InChI=1S/C23H25NO.C4H4O4/c1-19(21-12-6-3-7-13-21)23(25)18-22(24-16-8-9-17-24)15-14-20-10-4-2-5-11-20;5-3(6)1-2-4(7)8/h2-7,10-15,18-19H,8-9,16-17H2,1H3;1-2H,(H,5,6)(H,7,8)/b;2-1-. The van der Waals surface area contributed by atoms with Crippen LogP contribution < -0.4 is 0 Å². The van der Waals surface area contributed by atoms with E-state index in [0.29, 0.717) is 12.2 Å². The molecule has 0 aromatic heterocycles. The summed E-state index contributed by atoms with van der Waals surface area (Å²) in [6.45, 7) is 4.03. The summed E-state index contributed by atoms with van der Waals surface area (Å²) < 4.78 is 0. The van der Waals surface area contributed by atoms with Crippen molar-refractivity contribution in [2.75, 3.05) is 13.1 Å². The van der Waals surface area contributed by atoms with Crippen LogP contribution in [0.3, 0.4) is 0 Å². The van der Waals surface area contributed by atoms with Gasteiger partial charge in [-0.2, -0.15) is 0 Å². The minimum absolute atomic E-state index is 0.121. The largest absolute Gasteiger partial charge is 0.478 e. The van der Waals surface area contributed by atoms with Gasteiger partial charge in [0.25, 0.3) is 0 Å². The van der Waals surface area contributed by atoms with Gasteiger partial charge in [0.05, 0.1) is 0 Å². The highest BCUT2D eigenvalue weighted by Gasteiger charge is 2.17. The van der Waals surface area contributed by atoms with Gasteiger partial charge in [0.2, 0.25) is 0 Å². The smallest absolute Gasteiger partial charge is 0.328 e. The molecule has 1 unspecified atom stereocenters. The van der Waals surface area contributed by atoms with Gasteiger partial charge in [0.1, 0.15) is 0 Å². The molecular formula is C27H29NO5. The zero-order valence-electron chi connectivity index (χ0n) is 18.6. The van der Waals surface area contributed by atoms with Gasteiger partial charge in [0, 0.05) is 42.9 Å². The number of rotatable bonds is 8. The van der Waals surface area contributed by atoms with E-state index in [-0.39, 0.29) is 11.7 Å². The van der Waals surface area contributed by atoms with Crippen molar-refractivity contribution in [3.05, 3.63) is 102 Å². The molecule has 1 heterocycles. The van der Waals surface area contributed by atoms with Gasteiger partial charge in [-0.1, -0.05) is 73.7 Å². The Labute approximate surface area is 194 Å². The third-order valence-corrected chi connectivity index (χ3v) is 5.10. The predicted molar refractivity (Wildman–Crippen MR) is 129 cm³/mol. The second-order valence-corrected chi connectivity index (χ2v) is 7.55. The van der Waals surface area contributed by atoms with Crippen molar-refractivity contribution in [1.29, 1.82) is 0 Å². The molecule has 0 spiro atoms. The van der Waals surface area contributed by atoms with E-state index in [1.54, 1.807) is 0 Å². The second kappa shape index (κ2) is 13.5. The summed E-state index contributed by atoms with van der Waals surface area (Å²) in [5.74, 6) is -2.48. The number of allylic oxidation sites excluding steroid dienone is 2. The first-order chi connectivity index (χ1) is 15.9. The lowest BCUT2D eigenvalue weighted by atomic mass is 9.96. The normalized spacial score (nSPS) is 14.7. The Morgan fingerprint density at radius 2 is 1.33 bits per heavy atom. The number of nitrogens with zero attached hydrogens (tertiary/aromatic N) is 1. The molecule has 33 heavy (non-hydrogen) atoms. The van der Waals surface area contributed by atoms with Crippen LogP contribution >= 0.6 is 0 Å². The molecule has 6 heteroatoms. The molecule has 1 saturated heterocycles. The maximum absolute atomic E-state index is 12.8. The van der Waals surface area contributed by atoms with E-state index in [4.69, 9.17) is 10.2 Å². The molecule has 1 atom stereocenters. The number of carbonyl (C=O) groups excluding carboxylic acids is 1. The molecule has 0 radical (unpaired) electrons. The number of ketones is 1. The molecule has 0 saturated carbocycles. The Hall–Kier alpha value is -3.93. The maximum atomic E-state index is 12.8. The second-order valence-electron chi connectivity index (χ2n) is 7.55. The Morgan fingerprint density at radius 1 is 0.818 bits per heavy atom. The summed E-state index contributed by atoms with van der Waals surface area (Å²) in [6.07, 6.45) is 9.49. The van der Waals surface area contributed by atoms with E-state index in [1.165, 1.54) is 12.8 Å². The fourth-order valence-corrected chi connectivity index (χ4v) is 3.29. The molecule has 1 aliphatic heterocycles. The van der Waals surface area contributed by atoms with Crippen molar-refractivity contribution >= 4 is 23.8 Å². The Kier molecular flexibility index (Phi) is 10.3. The van der Waals surface area contributed by atoms with Crippen LogP contribution in [0.5, 0.6) is 0 Å². The topological polar surface area (TPSA) is 94.9 Å². The van der Waals surface area contributed by atoms with E-state index >= 15 is 0 Å². The Morgan fingerprint density at radius 3 is 1.85 bits per heavy atom. The Balaban J connectivity index is 0.000000414. The average Bonchev–Trinajstić information content (AvgIpc) is 3.36. The first-order valence-electron chi connectivity index (χ1n) is 10.8. The SMILES string of the molecule is CC(C(=O)C=C(C=Cc1ccccc1)N1CCCC1)c1ccccc1.O=C(O)/C=C\C(=O)O. The molecule has 0 amide bonds. The fourth-order valence-electron chi connectivity index (χ4n) is 3.29. The number of hydrogen-bond acceptors (Lipinski definition) is 4. The number of carboxylic acids is 2. The van der Waals surface area contributed by atoms with Crippen LogP contribution in [0.25, 0.3) is 6.08 Å². The monoisotopic (exact) mass is 447 g/mol. The summed E-state index contributed by atoms with van der Waals surface area (Å²) in [6, 6.07) is 20.2. The quantitative estimate of drug-likeness (QED) is 0.447. The van der Waals surface area contributed by atoms with Gasteiger partial charge in [-0.25, -0.2) is 9.59 Å². The number of carboxylic acid groups (broad SMARTS) is 2. The zero-order valence-corrected chi connectivity index (χ0v) is 18.6. The summed E-state index contributed by atoms with van der Waals surface area (Å²) in [7, 11) is 0. The first-order valence-corrected chi connectivity index (χ1v) is 10.8. The van der Waals surface area contributed by atoms with Crippen LogP contribution in [0.1, 0.15) is 36.8 Å². The molecule has 2 aromatic carbocycles. The van der Waals surface area contributed by atoms with Crippen LogP contribution in [0.4, 0.5) is 0 Å². The van der Waals surface area contributed by atoms with Crippen molar-refractivity contribution in [1.82, 2.24) is 4.90 Å². The molecule has 1 aliphatic rings. The summed E-state index contributed by atoms with van der Waals surface area (Å²) >= 11 is 0. The van der Waals surface area contributed by atoms with Crippen molar-refractivity contribution in [2.45, 2.75) is 25.7 Å². The van der Waals surface area contributed by atoms with E-state index in [1.807, 2.05) is 61.5 Å². The fraction of sp³-hybridized carbons (Fsp3) is 0.222. The van der Waals surface area contributed by atoms with Gasteiger partial charge in [0.15, 0.2) is 5.78 Å². The molecule has 1 fully saturated rings. The van der Waals surface area contributed by atoms with Gasteiger partial charge >= 0.3 is 11.9 Å². The third-order valence-electron chi connectivity index (χ3n) is 5.10. The van der Waals surface area contributed by atoms with Gasteiger partial charge in [-0.15, -0.1) is 0 Å². The number of aliphatic carboxylic acids is 2.